The standard InChI is InChI=1S/C32H32ClF4NO2S/c33-31-24(13-7-14-28(31)32(35,36)37)19-38(15-8-16-40-25-17-29(34)27(21-39)30(41)18-25)20-26(22-9-3-1-4-10-22)23-11-5-2-6-12-23/h1,3-5,7,9-14,17-18,26,39,41H,2,6,8,15-16,19-21H2. The lowest BCUT2D eigenvalue weighted by Crippen LogP contribution is -2.31. The van der Waals surface area contributed by atoms with Crippen LogP contribution < -0.4 is 4.74 Å². The maximum absolute atomic E-state index is 14.2. The Morgan fingerprint density at radius 3 is 2.49 bits per heavy atom. The van der Waals surface area contributed by atoms with E-state index in [1.165, 1.54) is 17.7 Å². The van der Waals surface area contributed by atoms with Crippen LogP contribution in [0, 0.1) is 5.82 Å². The van der Waals surface area contributed by atoms with Crippen LogP contribution in [0.1, 0.15) is 47.4 Å². The highest BCUT2D eigenvalue weighted by Gasteiger charge is 2.34. The Labute approximate surface area is 248 Å². The number of ether oxygens (including phenoxy) is 1. The second kappa shape index (κ2) is 14.4. The lowest BCUT2D eigenvalue weighted by atomic mass is 9.87. The van der Waals surface area contributed by atoms with Crippen molar-refractivity contribution in [1.29, 1.82) is 0 Å². The molecule has 1 aliphatic carbocycles. The molecule has 0 bridgehead atoms. The van der Waals surface area contributed by atoms with E-state index < -0.39 is 24.2 Å². The summed E-state index contributed by atoms with van der Waals surface area (Å²) in [6.07, 6.45) is 4.36. The molecule has 218 valence electrons. The van der Waals surface area contributed by atoms with E-state index in [0.29, 0.717) is 30.0 Å². The third kappa shape index (κ3) is 8.38. The second-order valence-electron chi connectivity index (χ2n) is 9.92. The molecule has 0 heterocycles. The van der Waals surface area contributed by atoms with Gasteiger partial charge in [-0.1, -0.05) is 72.3 Å². The molecule has 1 unspecified atom stereocenters. The first-order valence-corrected chi connectivity index (χ1v) is 14.2. The zero-order valence-corrected chi connectivity index (χ0v) is 24.0. The van der Waals surface area contributed by atoms with Gasteiger partial charge < -0.3 is 9.84 Å². The first kappa shape index (κ1) is 31.2. The van der Waals surface area contributed by atoms with Crippen LogP contribution in [0.3, 0.4) is 0 Å². The van der Waals surface area contributed by atoms with Gasteiger partial charge in [-0.3, -0.25) is 4.90 Å². The van der Waals surface area contributed by atoms with Crippen molar-refractivity contribution >= 4 is 24.2 Å². The molecule has 0 fully saturated rings. The minimum absolute atomic E-state index is 0.00473. The maximum atomic E-state index is 14.2. The molecule has 0 saturated carbocycles. The number of halogens is 5. The number of alkyl halides is 3. The van der Waals surface area contributed by atoms with E-state index in [2.05, 4.69) is 47.9 Å². The number of aliphatic hydroxyl groups is 1. The fraction of sp³-hybridized carbons (Fsp3) is 0.312. The van der Waals surface area contributed by atoms with E-state index in [1.807, 2.05) is 18.2 Å². The minimum atomic E-state index is -4.55. The Morgan fingerprint density at radius 2 is 1.83 bits per heavy atom. The van der Waals surface area contributed by atoms with E-state index in [9.17, 15) is 22.7 Å². The fourth-order valence-electron chi connectivity index (χ4n) is 4.95. The summed E-state index contributed by atoms with van der Waals surface area (Å²) in [7, 11) is 0. The quantitative estimate of drug-likeness (QED) is 0.123. The van der Waals surface area contributed by atoms with Gasteiger partial charge in [-0.25, -0.2) is 4.39 Å². The summed E-state index contributed by atoms with van der Waals surface area (Å²) in [6, 6.07) is 16.8. The lowest BCUT2D eigenvalue weighted by molar-refractivity contribution is -0.137. The Hall–Kier alpha value is -2.78. The number of hydrogen-bond donors (Lipinski definition) is 2. The summed E-state index contributed by atoms with van der Waals surface area (Å²) in [4.78, 5) is 2.38. The van der Waals surface area contributed by atoms with Gasteiger partial charge >= 0.3 is 6.18 Å². The van der Waals surface area contributed by atoms with Crippen LogP contribution in [-0.4, -0.2) is 29.7 Å². The number of benzene rings is 3. The second-order valence-corrected chi connectivity index (χ2v) is 10.8. The summed E-state index contributed by atoms with van der Waals surface area (Å²) >= 11 is 10.5. The largest absolute Gasteiger partial charge is 0.493 e. The summed E-state index contributed by atoms with van der Waals surface area (Å²) in [6.45, 7) is 1.04. The average Bonchev–Trinajstić information content (AvgIpc) is 2.95. The molecule has 1 N–H and O–H groups in total. The molecule has 4 rings (SSSR count). The van der Waals surface area contributed by atoms with Crippen LogP contribution in [0.15, 0.2) is 89.4 Å². The van der Waals surface area contributed by atoms with Gasteiger partial charge in [-0.05, 0) is 48.1 Å². The Balaban J connectivity index is 1.55. The van der Waals surface area contributed by atoms with Gasteiger partial charge in [0.25, 0.3) is 0 Å². The monoisotopic (exact) mass is 605 g/mol. The number of allylic oxidation sites excluding steroid dienone is 3. The molecule has 0 amide bonds. The zero-order chi connectivity index (χ0) is 29.4. The van der Waals surface area contributed by atoms with Gasteiger partial charge in [0.05, 0.1) is 23.8 Å². The van der Waals surface area contributed by atoms with Gasteiger partial charge in [-0.15, -0.1) is 12.6 Å². The summed E-state index contributed by atoms with van der Waals surface area (Å²) < 4.78 is 60.7. The van der Waals surface area contributed by atoms with E-state index >= 15 is 0 Å². The van der Waals surface area contributed by atoms with Crippen molar-refractivity contribution in [3.05, 3.63) is 118 Å². The van der Waals surface area contributed by atoms with Gasteiger partial charge in [0.2, 0.25) is 0 Å². The number of aliphatic hydroxyl groups excluding tert-OH is 1. The molecule has 1 atom stereocenters. The molecule has 0 radical (unpaired) electrons. The summed E-state index contributed by atoms with van der Waals surface area (Å²) in [5, 5.41) is 9.00. The van der Waals surface area contributed by atoms with Crippen molar-refractivity contribution in [1.82, 2.24) is 4.90 Å². The Kier molecular flexibility index (Phi) is 10.9. The molecular formula is C32H32ClF4NO2S. The predicted octanol–water partition coefficient (Wildman–Crippen LogP) is 8.61. The number of thiol groups is 1. The SMILES string of the molecule is OCc1c(F)cc(OCCCN(Cc2cccc(C(F)(F)F)c2Cl)CC(C2=CCCC=C2)c2ccccc2)cc1S. The molecular weight excluding hydrogens is 574 g/mol. The van der Waals surface area contributed by atoms with Crippen LogP contribution in [0.25, 0.3) is 0 Å². The highest BCUT2D eigenvalue weighted by atomic mass is 35.5. The first-order chi connectivity index (χ1) is 19.7. The number of rotatable bonds is 12. The minimum Gasteiger partial charge on any atom is -0.493 e. The van der Waals surface area contributed by atoms with Crippen molar-refractivity contribution in [3.8, 4) is 5.75 Å². The highest BCUT2D eigenvalue weighted by Crippen LogP contribution is 2.37. The predicted molar refractivity (Wildman–Crippen MR) is 157 cm³/mol. The Bertz CT molecular complexity index is 1350. The van der Waals surface area contributed by atoms with Crippen LogP contribution in [0.5, 0.6) is 5.75 Å². The van der Waals surface area contributed by atoms with Crippen LogP contribution in [0.4, 0.5) is 17.6 Å². The smallest absolute Gasteiger partial charge is 0.417 e. The van der Waals surface area contributed by atoms with Gasteiger partial charge in [0.15, 0.2) is 0 Å². The molecule has 0 spiro atoms. The van der Waals surface area contributed by atoms with Gasteiger partial charge in [0.1, 0.15) is 11.6 Å². The third-order valence-corrected chi connectivity index (χ3v) is 7.88. The molecule has 0 aromatic heterocycles. The molecule has 3 aromatic rings. The van der Waals surface area contributed by atoms with Crippen molar-refractivity contribution in [2.24, 2.45) is 0 Å². The molecule has 3 nitrogen and oxygen atoms in total. The van der Waals surface area contributed by atoms with Crippen LogP contribution >= 0.6 is 24.2 Å². The zero-order valence-electron chi connectivity index (χ0n) is 22.4. The third-order valence-electron chi connectivity index (χ3n) is 7.04. The van der Waals surface area contributed by atoms with Crippen molar-refractivity contribution in [3.63, 3.8) is 0 Å². The molecule has 9 heteroatoms. The van der Waals surface area contributed by atoms with Crippen molar-refractivity contribution in [2.45, 2.75) is 49.4 Å². The van der Waals surface area contributed by atoms with E-state index in [-0.39, 0.29) is 35.4 Å². The topological polar surface area (TPSA) is 32.7 Å². The molecule has 1 aliphatic rings. The van der Waals surface area contributed by atoms with E-state index in [0.717, 1.165) is 24.5 Å². The van der Waals surface area contributed by atoms with Crippen molar-refractivity contribution < 1.29 is 27.4 Å². The average molecular weight is 606 g/mol. The van der Waals surface area contributed by atoms with Gasteiger partial charge in [-0.2, -0.15) is 13.2 Å². The molecule has 0 saturated heterocycles. The highest BCUT2D eigenvalue weighted by molar-refractivity contribution is 7.80. The van der Waals surface area contributed by atoms with Crippen LogP contribution in [-0.2, 0) is 19.3 Å². The van der Waals surface area contributed by atoms with Crippen molar-refractivity contribution in [2.75, 3.05) is 19.7 Å². The fourth-order valence-corrected chi connectivity index (χ4v) is 5.55. The maximum Gasteiger partial charge on any atom is 0.417 e. The summed E-state index contributed by atoms with van der Waals surface area (Å²) in [5.74, 6) is -0.308. The van der Waals surface area contributed by atoms with Gasteiger partial charge in [0, 0.05) is 42.1 Å². The number of nitrogens with zero attached hydrogens (tertiary/aromatic N) is 1. The molecule has 41 heavy (non-hydrogen) atoms. The van der Waals surface area contributed by atoms with E-state index in [1.54, 1.807) is 12.1 Å². The first-order valence-electron chi connectivity index (χ1n) is 13.4. The van der Waals surface area contributed by atoms with E-state index in [4.69, 9.17) is 16.3 Å². The number of hydrogen-bond acceptors (Lipinski definition) is 4. The lowest BCUT2D eigenvalue weighted by Gasteiger charge is -2.30. The normalized spacial score (nSPS) is 14.3. The van der Waals surface area contributed by atoms with Crippen LogP contribution in [0.2, 0.25) is 5.02 Å². The molecule has 0 aliphatic heterocycles. The summed E-state index contributed by atoms with van der Waals surface area (Å²) in [5.41, 5.74) is 1.92. The Morgan fingerprint density at radius 1 is 1.05 bits per heavy atom. The molecule has 3 aromatic carbocycles.